The summed E-state index contributed by atoms with van der Waals surface area (Å²) < 4.78 is 11.6. The molecule has 1 aliphatic rings. The SMILES string of the molecule is Cc1cccc(C=C2Oc3cc(OCc4ccc(Cl)cc4Cl)ccc3C2=O)c1. The van der Waals surface area contributed by atoms with Crippen LogP contribution in [0.2, 0.25) is 10.0 Å². The molecule has 4 rings (SSSR count). The summed E-state index contributed by atoms with van der Waals surface area (Å²) in [6.07, 6.45) is 1.75. The van der Waals surface area contributed by atoms with Crippen molar-refractivity contribution in [2.45, 2.75) is 13.5 Å². The van der Waals surface area contributed by atoms with E-state index >= 15 is 0 Å². The molecule has 0 N–H and O–H groups in total. The molecule has 1 heterocycles. The number of ketones is 1. The van der Waals surface area contributed by atoms with Crippen LogP contribution < -0.4 is 9.47 Å². The van der Waals surface area contributed by atoms with E-state index in [4.69, 9.17) is 32.7 Å². The first kappa shape index (κ1) is 18.6. The molecule has 3 aromatic carbocycles. The van der Waals surface area contributed by atoms with Gasteiger partial charge < -0.3 is 9.47 Å². The van der Waals surface area contributed by atoms with Gasteiger partial charge in [0.25, 0.3) is 0 Å². The van der Waals surface area contributed by atoms with E-state index in [0.29, 0.717) is 32.9 Å². The second-order valence-corrected chi connectivity index (χ2v) is 7.38. The summed E-state index contributed by atoms with van der Waals surface area (Å²) in [4.78, 5) is 12.6. The van der Waals surface area contributed by atoms with Gasteiger partial charge in [-0.05, 0) is 42.8 Å². The summed E-state index contributed by atoms with van der Waals surface area (Å²) in [6, 6.07) is 18.3. The number of carbonyl (C=O) groups excluding carboxylic acids is 1. The maximum atomic E-state index is 12.6. The normalized spacial score (nSPS) is 14.1. The van der Waals surface area contributed by atoms with Crippen molar-refractivity contribution in [2.75, 3.05) is 0 Å². The van der Waals surface area contributed by atoms with Gasteiger partial charge in [0, 0.05) is 21.7 Å². The molecule has 3 nitrogen and oxygen atoms in total. The second kappa shape index (κ2) is 7.70. The Bertz CT molecular complexity index is 1100. The smallest absolute Gasteiger partial charge is 0.231 e. The third-order valence-electron chi connectivity index (χ3n) is 4.39. The van der Waals surface area contributed by atoms with Gasteiger partial charge in [0.2, 0.25) is 5.78 Å². The van der Waals surface area contributed by atoms with Crippen LogP contribution in [0.25, 0.3) is 6.08 Å². The number of hydrogen-bond donors (Lipinski definition) is 0. The highest BCUT2D eigenvalue weighted by Crippen LogP contribution is 2.35. The number of fused-ring (bicyclic) bond motifs is 1. The molecule has 140 valence electrons. The minimum atomic E-state index is -0.135. The Hall–Kier alpha value is -2.75. The number of ether oxygens (including phenoxy) is 2. The van der Waals surface area contributed by atoms with E-state index in [0.717, 1.165) is 16.7 Å². The highest BCUT2D eigenvalue weighted by Gasteiger charge is 2.27. The Kier molecular flexibility index (Phi) is 5.12. The first-order valence-corrected chi connectivity index (χ1v) is 9.47. The molecule has 0 aromatic heterocycles. The number of aryl methyl sites for hydroxylation is 1. The first-order valence-electron chi connectivity index (χ1n) is 8.71. The molecular weight excluding hydrogens is 395 g/mol. The van der Waals surface area contributed by atoms with E-state index in [-0.39, 0.29) is 12.4 Å². The fourth-order valence-electron chi connectivity index (χ4n) is 2.97. The van der Waals surface area contributed by atoms with E-state index < -0.39 is 0 Å². The Morgan fingerprint density at radius 1 is 1.04 bits per heavy atom. The summed E-state index contributed by atoms with van der Waals surface area (Å²) >= 11 is 12.1. The molecule has 0 atom stereocenters. The van der Waals surface area contributed by atoms with Crippen LogP contribution in [0.1, 0.15) is 27.0 Å². The molecule has 0 fully saturated rings. The van der Waals surface area contributed by atoms with E-state index in [1.54, 1.807) is 36.4 Å². The summed E-state index contributed by atoms with van der Waals surface area (Å²) in [5.74, 6) is 1.25. The van der Waals surface area contributed by atoms with Crippen LogP contribution in [0.4, 0.5) is 0 Å². The van der Waals surface area contributed by atoms with Gasteiger partial charge in [0.1, 0.15) is 18.1 Å². The Labute approximate surface area is 173 Å². The largest absolute Gasteiger partial charge is 0.489 e. The standard InChI is InChI=1S/C23H16Cl2O3/c1-14-3-2-4-15(9-14)10-22-23(26)19-8-7-18(12-21(19)28-22)27-13-16-5-6-17(24)11-20(16)25/h2-12H,13H2,1H3. The van der Waals surface area contributed by atoms with Gasteiger partial charge in [-0.2, -0.15) is 0 Å². The van der Waals surface area contributed by atoms with Gasteiger partial charge in [0.05, 0.1) is 5.56 Å². The van der Waals surface area contributed by atoms with Crippen LogP contribution in [-0.2, 0) is 6.61 Å². The lowest BCUT2D eigenvalue weighted by atomic mass is 10.1. The summed E-state index contributed by atoms with van der Waals surface area (Å²) in [7, 11) is 0. The van der Waals surface area contributed by atoms with Gasteiger partial charge in [-0.25, -0.2) is 0 Å². The van der Waals surface area contributed by atoms with Crippen molar-refractivity contribution in [1.29, 1.82) is 0 Å². The van der Waals surface area contributed by atoms with Crippen LogP contribution >= 0.6 is 23.2 Å². The quantitative estimate of drug-likeness (QED) is 0.460. The molecular formula is C23H16Cl2O3. The van der Waals surface area contributed by atoms with Gasteiger partial charge in [-0.15, -0.1) is 0 Å². The van der Waals surface area contributed by atoms with Crippen molar-refractivity contribution in [3.8, 4) is 11.5 Å². The van der Waals surface area contributed by atoms with Gasteiger partial charge >= 0.3 is 0 Å². The number of halogens is 2. The number of rotatable bonds is 4. The van der Waals surface area contributed by atoms with E-state index in [1.165, 1.54) is 0 Å². The Morgan fingerprint density at radius 3 is 2.68 bits per heavy atom. The molecule has 28 heavy (non-hydrogen) atoms. The zero-order chi connectivity index (χ0) is 19.7. The van der Waals surface area contributed by atoms with Crippen molar-refractivity contribution in [3.05, 3.63) is 98.7 Å². The highest BCUT2D eigenvalue weighted by molar-refractivity contribution is 6.35. The molecule has 0 radical (unpaired) electrons. The average molecular weight is 411 g/mol. The number of Topliss-reactive ketones (excluding diaryl/α,β-unsaturated/α-hetero) is 1. The summed E-state index contributed by atoms with van der Waals surface area (Å²) in [5.41, 5.74) is 3.39. The van der Waals surface area contributed by atoms with Gasteiger partial charge in [-0.1, -0.05) is 59.1 Å². The molecule has 0 bridgehead atoms. The van der Waals surface area contributed by atoms with Crippen molar-refractivity contribution in [2.24, 2.45) is 0 Å². The van der Waals surface area contributed by atoms with Crippen LogP contribution in [0.15, 0.2) is 66.4 Å². The van der Waals surface area contributed by atoms with Crippen molar-refractivity contribution in [1.82, 2.24) is 0 Å². The number of benzene rings is 3. The molecule has 0 unspecified atom stereocenters. The Morgan fingerprint density at radius 2 is 1.89 bits per heavy atom. The zero-order valence-electron chi connectivity index (χ0n) is 15.0. The maximum absolute atomic E-state index is 12.6. The fraction of sp³-hybridized carbons (Fsp3) is 0.0870. The molecule has 0 amide bonds. The topological polar surface area (TPSA) is 35.5 Å². The predicted molar refractivity (Wildman–Crippen MR) is 111 cm³/mol. The fourth-order valence-corrected chi connectivity index (χ4v) is 3.43. The second-order valence-electron chi connectivity index (χ2n) is 6.54. The van der Waals surface area contributed by atoms with E-state index in [1.807, 2.05) is 37.3 Å². The predicted octanol–water partition coefficient (Wildman–Crippen LogP) is 6.50. The van der Waals surface area contributed by atoms with Gasteiger partial charge in [-0.3, -0.25) is 4.79 Å². The van der Waals surface area contributed by atoms with Crippen LogP contribution in [0.5, 0.6) is 11.5 Å². The Balaban J connectivity index is 1.52. The number of allylic oxidation sites excluding steroid dienone is 1. The molecule has 5 heteroatoms. The van der Waals surface area contributed by atoms with Crippen molar-refractivity contribution in [3.63, 3.8) is 0 Å². The minimum absolute atomic E-state index is 0.135. The van der Waals surface area contributed by atoms with Crippen LogP contribution in [0, 0.1) is 6.92 Å². The maximum Gasteiger partial charge on any atom is 0.231 e. The molecule has 0 spiro atoms. The summed E-state index contributed by atoms with van der Waals surface area (Å²) in [5, 5.41) is 1.12. The molecule has 3 aromatic rings. The minimum Gasteiger partial charge on any atom is -0.489 e. The lowest BCUT2D eigenvalue weighted by Crippen LogP contribution is -1.98. The molecule has 1 aliphatic heterocycles. The number of hydrogen-bond acceptors (Lipinski definition) is 3. The monoisotopic (exact) mass is 410 g/mol. The molecule has 0 saturated carbocycles. The average Bonchev–Trinajstić information content (AvgIpc) is 2.96. The van der Waals surface area contributed by atoms with Crippen molar-refractivity contribution >= 4 is 35.1 Å². The molecule has 0 aliphatic carbocycles. The van der Waals surface area contributed by atoms with Crippen LogP contribution in [0.3, 0.4) is 0 Å². The van der Waals surface area contributed by atoms with Crippen LogP contribution in [-0.4, -0.2) is 5.78 Å². The van der Waals surface area contributed by atoms with Gasteiger partial charge in [0.15, 0.2) is 5.76 Å². The lowest BCUT2D eigenvalue weighted by molar-refractivity contribution is 0.101. The molecule has 0 saturated heterocycles. The first-order chi connectivity index (χ1) is 13.5. The zero-order valence-corrected chi connectivity index (χ0v) is 16.6. The highest BCUT2D eigenvalue weighted by atomic mass is 35.5. The summed E-state index contributed by atoms with van der Waals surface area (Å²) in [6.45, 7) is 2.29. The third kappa shape index (κ3) is 3.91. The number of carbonyl (C=O) groups is 1. The van der Waals surface area contributed by atoms with Crippen molar-refractivity contribution < 1.29 is 14.3 Å². The lowest BCUT2D eigenvalue weighted by Gasteiger charge is -2.09. The van der Waals surface area contributed by atoms with E-state index in [9.17, 15) is 4.79 Å². The van der Waals surface area contributed by atoms with E-state index in [2.05, 4.69) is 0 Å². The third-order valence-corrected chi connectivity index (χ3v) is 4.98.